The lowest BCUT2D eigenvalue weighted by Crippen LogP contribution is -2.50. The van der Waals surface area contributed by atoms with Gasteiger partial charge in [-0.2, -0.15) is 0 Å². The summed E-state index contributed by atoms with van der Waals surface area (Å²) in [5.41, 5.74) is 0. The van der Waals surface area contributed by atoms with Gasteiger partial charge in [0.15, 0.2) is 0 Å². The second kappa shape index (κ2) is 8.87. The molecule has 1 aliphatic rings. The Kier molecular flexibility index (Phi) is 7.50. The van der Waals surface area contributed by atoms with E-state index in [0.717, 1.165) is 38.9 Å². The molecule has 6 nitrogen and oxygen atoms in total. The number of nitrogens with zero attached hydrogens (tertiary/aromatic N) is 2. The maximum atomic E-state index is 12.1. The number of carbonyl (C=O) groups excluding carboxylic acids is 2. The van der Waals surface area contributed by atoms with E-state index >= 15 is 0 Å². The van der Waals surface area contributed by atoms with E-state index in [1.165, 1.54) is 0 Å². The van der Waals surface area contributed by atoms with Crippen molar-refractivity contribution in [2.45, 2.75) is 39.2 Å². The Bertz CT molecular complexity index is 341. The van der Waals surface area contributed by atoms with Crippen LogP contribution in [-0.2, 0) is 4.79 Å². The average Bonchev–Trinajstić information content (AvgIpc) is 2.48. The molecule has 1 fully saturated rings. The first-order chi connectivity index (χ1) is 9.96. The summed E-state index contributed by atoms with van der Waals surface area (Å²) < 4.78 is 0. The van der Waals surface area contributed by atoms with E-state index in [0.29, 0.717) is 12.5 Å². The van der Waals surface area contributed by atoms with Gasteiger partial charge in [0, 0.05) is 39.8 Å². The molecule has 0 aromatic rings. The number of carbonyl (C=O) groups is 2. The van der Waals surface area contributed by atoms with Crippen LogP contribution in [0.2, 0.25) is 0 Å². The molecule has 0 aliphatic carbocycles. The highest BCUT2D eigenvalue weighted by Gasteiger charge is 2.23. The monoisotopic (exact) mass is 298 g/mol. The zero-order valence-corrected chi connectivity index (χ0v) is 13.8. The molecule has 122 valence electrons. The molecule has 0 aromatic carbocycles. The Hall–Kier alpha value is -1.30. The van der Waals surface area contributed by atoms with Crippen molar-refractivity contribution in [1.82, 2.24) is 20.4 Å². The van der Waals surface area contributed by atoms with Crippen LogP contribution in [0.25, 0.3) is 0 Å². The SMILES string of the molecule is CC[C@@H](C)CN(C)C(=O)NC1CCN(CC(=O)NC)CC1. The minimum atomic E-state index is 0.0139. The average molecular weight is 298 g/mol. The smallest absolute Gasteiger partial charge is 0.317 e. The van der Waals surface area contributed by atoms with Crippen LogP contribution in [0.5, 0.6) is 0 Å². The highest BCUT2D eigenvalue weighted by Crippen LogP contribution is 2.11. The van der Waals surface area contributed by atoms with Crippen molar-refractivity contribution >= 4 is 11.9 Å². The Morgan fingerprint density at radius 3 is 2.48 bits per heavy atom. The van der Waals surface area contributed by atoms with Gasteiger partial charge in [-0.25, -0.2) is 4.79 Å². The first-order valence-electron chi connectivity index (χ1n) is 7.90. The molecule has 1 heterocycles. The van der Waals surface area contributed by atoms with Crippen LogP contribution < -0.4 is 10.6 Å². The minimum absolute atomic E-state index is 0.0139. The number of likely N-dealkylation sites (N-methyl/N-ethyl adjacent to an activating group) is 1. The molecule has 1 rings (SSSR count). The summed E-state index contributed by atoms with van der Waals surface area (Å²) in [6, 6.07) is 0.234. The molecular weight excluding hydrogens is 268 g/mol. The lowest BCUT2D eigenvalue weighted by atomic mass is 10.1. The molecule has 1 saturated heterocycles. The molecular formula is C15H30N4O2. The Morgan fingerprint density at radius 1 is 1.33 bits per heavy atom. The molecule has 1 aliphatic heterocycles. The van der Waals surface area contributed by atoms with Gasteiger partial charge in [0.05, 0.1) is 6.54 Å². The van der Waals surface area contributed by atoms with Gasteiger partial charge in [0.2, 0.25) is 5.91 Å². The van der Waals surface area contributed by atoms with Crippen molar-refractivity contribution in [1.29, 1.82) is 0 Å². The van der Waals surface area contributed by atoms with E-state index in [9.17, 15) is 9.59 Å². The normalized spacial score (nSPS) is 18.1. The van der Waals surface area contributed by atoms with Crippen LogP contribution in [0.3, 0.4) is 0 Å². The zero-order chi connectivity index (χ0) is 15.8. The zero-order valence-electron chi connectivity index (χ0n) is 13.8. The fraction of sp³-hybridized carbons (Fsp3) is 0.867. The molecule has 0 radical (unpaired) electrons. The fourth-order valence-electron chi connectivity index (χ4n) is 2.48. The standard InChI is InChI=1S/C15H30N4O2/c1-5-12(2)10-18(4)15(21)17-13-6-8-19(9-7-13)11-14(20)16-3/h12-13H,5-11H2,1-4H3,(H,16,20)(H,17,21)/t12-/m1/s1. The number of hydrogen-bond acceptors (Lipinski definition) is 3. The number of rotatable bonds is 6. The van der Waals surface area contributed by atoms with Crippen molar-refractivity contribution in [3.05, 3.63) is 0 Å². The number of hydrogen-bond donors (Lipinski definition) is 2. The highest BCUT2D eigenvalue weighted by atomic mass is 16.2. The van der Waals surface area contributed by atoms with E-state index in [-0.39, 0.29) is 18.0 Å². The predicted octanol–water partition coefficient (Wildman–Crippen LogP) is 0.884. The number of nitrogens with one attached hydrogen (secondary N) is 2. The molecule has 0 spiro atoms. The predicted molar refractivity (Wildman–Crippen MR) is 84.1 cm³/mol. The van der Waals surface area contributed by atoms with Crippen LogP contribution in [0.4, 0.5) is 4.79 Å². The summed E-state index contributed by atoms with van der Waals surface area (Å²) in [4.78, 5) is 27.3. The molecule has 2 N–H and O–H groups in total. The Morgan fingerprint density at radius 2 is 1.95 bits per heavy atom. The lowest BCUT2D eigenvalue weighted by molar-refractivity contribution is -0.122. The van der Waals surface area contributed by atoms with Crippen LogP contribution >= 0.6 is 0 Å². The third-order valence-electron chi connectivity index (χ3n) is 4.19. The number of likely N-dealkylation sites (tertiary alicyclic amines) is 1. The van der Waals surface area contributed by atoms with Gasteiger partial charge < -0.3 is 15.5 Å². The van der Waals surface area contributed by atoms with Crippen molar-refractivity contribution in [3.63, 3.8) is 0 Å². The van der Waals surface area contributed by atoms with Crippen LogP contribution in [0, 0.1) is 5.92 Å². The van der Waals surface area contributed by atoms with E-state index in [4.69, 9.17) is 0 Å². The van der Waals surface area contributed by atoms with E-state index in [2.05, 4.69) is 29.4 Å². The summed E-state index contributed by atoms with van der Waals surface area (Å²) in [5, 5.41) is 5.73. The van der Waals surface area contributed by atoms with Crippen molar-refractivity contribution < 1.29 is 9.59 Å². The maximum Gasteiger partial charge on any atom is 0.317 e. The number of urea groups is 1. The van der Waals surface area contributed by atoms with E-state index in [1.807, 2.05) is 7.05 Å². The molecule has 1 atom stereocenters. The van der Waals surface area contributed by atoms with E-state index in [1.54, 1.807) is 11.9 Å². The quantitative estimate of drug-likeness (QED) is 0.765. The summed E-state index contributed by atoms with van der Waals surface area (Å²) in [6.45, 7) is 7.24. The summed E-state index contributed by atoms with van der Waals surface area (Å²) in [6.07, 6.45) is 2.88. The van der Waals surface area contributed by atoms with Gasteiger partial charge >= 0.3 is 6.03 Å². The molecule has 0 bridgehead atoms. The van der Waals surface area contributed by atoms with E-state index < -0.39 is 0 Å². The van der Waals surface area contributed by atoms with Gasteiger partial charge in [-0.1, -0.05) is 20.3 Å². The topological polar surface area (TPSA) is 64.7 Å². The summed E-state index contributed by atoms with van der Waals surface area (Å²) >= 11 is 0. The largest absolute Gasteiger partial charge is 0.358 e. The van der Waals surface area contributed by atoms with Crippen LogP contribution in [0.1, 0.15) is 33.1 Å². The molecule has 21 heavy (non-hydrogen) atoms. The minimum Gasteiger partial charge on any atom is -0.358 e. The van der Waals surface area contributed by atoms with Crippen LogP contribution in [-0.4, -0.2) is 68.1 Å². The van der Waals surface area contributed by atoms with Crippen molar-refractivity contribution in [3.8, 4) is 0 Å². The summed E-state index contributed by atoms with van der Waals surface area (Å²) in [5.74, 6) is 0.570. The molecule has 3 amide bonds. The van der Waals surface area contributed by atoms with Gasteiger partial charge in [0.1, 0.15) is 0 Å². The van der Waals surface area contributed by atoms with Crippen molar-refractivity contribution in [2.75, 3.05) is 40.3 Å². The second-order valence-corrected chi connectivity index (χ2v) is 6.07. The first kappa shape index (κ1) is 17.8. The molecule has 0 unspecified atom stereocenters. The van der Waals surface area contributed by atoms with Gasteiger partial charge in [-0.05, 0) is 18.8 Å². The van der Waals surface area contributed by atoms with Gasteiger partial charge in [0.25, 0.3) is 0 Å². The first-order valence-corrected chi connectivity index (χ1v) is 7.90. The molecule has 0 saturated carbocycles. The third-order valence-corrected chi connectivity index (χ3v) is 4.19. The second-order valence-electron chi connectivity index (χ2n) is 6.07. The van der Waals surface area contributed by atoms with Gasteiger partial charge in [-0.3, -0.25) is 9.69 Å². The summed E-state index contributed by atoms with van der Waals surface area (Å²) in [7, 11) is 3.50. The Balaban J connectivity index is 2.28. The highest BCUT2D eigenvalue weighted by molar-refractivity contribution is 5.77. The Labute approximate surface area is 128 Å². The van der Waals surface area contributed by atoms with Crippen molar-refractivity contribution in [2.24, 2.45) is 5.92 Å². The molecule has 0 aromatic heterocycles. The van der Waals surface area contributed by atoms with Crippen LogP contribution in [0.15, 0.2) is 0 Å². The number of piperidine rings is 1. The maximum absolute atomic E-state index is 12.1. The van der Waals surface area contributed by atoms with Gasteiger partial charge in [-0.15, -0.1) is 0 Å². The molecule has 6 heteroatoms. The lowest BCUT2D eigenvalue weighted by Gasteiger charge is -2.33. The number of amides is 3. The third kappa shape index (κ3) is 6.33. The fourth-order valence-corrected chi connectivity index (χ4v) is 2.48.